The first-order valence-corrected chi connectivity index (χ1v) is 7.18. The first-order valence-electron chi connectivity index (χ1n) is 6.40. The largest absolute Gasteiger partial charge is 0.389 e. The van der Waals surface area contributed by atoms with Gasteiger partial charge in [0, 0.05) is 22.3 Å². The van der Waals surface area contributed by atoms with Crippen molar-refractivity contribution in [2.24, 2.45) is 5.73 Å². The third kappa shape index (κ3) is 3.50. The number of thiocarbonyl (C=S) groups is 1. The number of benzene rings is 2. The van der Waals surface area contributed by atoms with Gasteiger partial charge in [0.15, 0.2) is 0 Å². The molecule has 0 saturated carbocycles. The van der Waals surface area contributed by atoms with Crippen LogP contribution < -0.4 is 11.1 Å². The predicted octanol–water partition coefficient (Wildman–Crippen LogP) is 4.46. The van der Waals surface area contributed by atoms with Crippen molar-refractivity contribution >= 4 is 34.5 Å². The van der Waals surface area contributed by atoms with E-state index in [4.69, 9.17) is 29.6 Å². The highest BCUT2D eigenvalue weighted by molar-refractivity contribution is 7.80. The maximum atomic E-state index is 5.91. The summed E-state index contributed by atoms with van der Waals surface area (Å²) in [6, 6.07) is 14.0. The van der Waals surface area contributed by atoms with Crippen molar-refractivity contribution < 1.29 is 0 Å². The summed E-state index contributed by atoms with van der Waals surface area (Å²) in [6.45, 7) is 4.14. The summed E-state index contributed by atoms with van der Waals surface area (Å²) in [7, 11) is 0. The molecule has 2 nitrogen and oxygen atoms in total. The molecule has 0 heterocycles. The van der Waals surface area contributed by atoms with Crippen LogP contribution in [-0.2, 0) is 0 Å². The molecule has 0 aliphatic rings. The molecule has 2 aromatic rings. The molecule has 0 amide bonds. The molecule has 1 atom stereocenters. The molecule has 0 fully saturated rings. The van der Waals surface area contributed by atoms with Gasteiger partial charge in [-0.25, -0.2) is 0 Å². The van der Waals surface area contributed by atoms with Gasteiger partial charge in [-0.1, -0.05) is 42.0 Å². The van der Waals surface area contributed by atoms with Crippen LogP contribution in [0.3, 0.4) is 0 Å². The molecule has 4 heteroatoms. The maximum Gasteiger partial charge on any atom is 0.106 e. The number of nitrogens with two attached hydrogens (primary N) is 1. The fourth-order valence-electron chi connectivity index (χ4n) is 2.06. The van der Waals surface area contributed by atoms with Gasteiger partial charge in [-0.05, 0) is 49.2 Å². The number of rotatable bonds is 4. The minimum absolute atomic E-state index is 0.141. The predicted molar refractivity (Wildman–Crippen MR) is 90.6 cm³/mol. The van der Waals surface area contributed by atoms with Gasteiger partial charge in [-0.15, -0.1) is 0 Å². The van der Waals surface area contributed by atoms with E-state index in [1.807, 2.05) is 43.3 Å². The van der Waals surface area contributed by atoms with E-state index in [9.17, 15) is 0 Å². The molecule has 2 aromatic carbocycles. The minimum Gasteiger partial charge on any atom is -0.389 e. The van der Waals surface area contributed by atoms with Gasteiger partial charge in [-0.3, -0.25) is 0 Å². The van der Waals surface area contributed by atoms with Crippen molar-refractivity contribution in [2.75, 3.05) is 5.32 Å². The molecule has 0 aliphatic heterocycles. The number of aryl methyl sites for hydroxylation is 1. The van der Waals surface area contributed by atoms with Gasteiger partial charge in [0.05, 0.1) is 0 Å². The molecular weight excluding hydrogens is 288 g/mol. The number of nitrogens with one attached hydrogen (secondary N) is 1. The number of hydrogen-bond acceptors (Lipinski definition) is 2. The van der Waals surface area contributed by atoms with Crippen LogP contribution >= 0.6 is 23.8 Å². The highest BCUT2D eigenvalue weighted by atomic mass is 35.5. The van der Waals surface area contributed by atoms with Gasteiger partial charge in [0.2, 0.25) is 0 Å². The Hall–Kier alpha value is -1.58. The van der Waals surface area contributed by atoms with Crippen LogP contribution in [0.4, 0.5) is 5.69 Å². The fraction of sp³-hybridized carbons (Fsp3) is 0.188. The first-order chi connectivity index (χ1) is 9.47. The Balaban J connectivity index is 2.27. The molecule has 3 N–H and O–H groups in total. The quantitative estimate of drug-likeness (QED) is 0.819. The summed E-state index contributed by atoms with van der Waals surface area (Å²) < 4.78 is 0. The van der Waals surface area contributed by atoms with Crippen molar-refractivity contribution in [1.29, 1.82) is 0 Å². The molecule has 20 heavy (non-hydrogen) atoms. The fourth-order valence-corrected chi connectivity index (χ4v) is 2.36. The van der Waals surface area contributed by atoms with Crippen LogP contribution in [-0.4, -0.2) is 4.99 Å². The van der Waals surface area contributed by atoms with Gasteiger partial charge in [-0.2, -0.15) is 0 Å². The van der Waals surface area contributed by atoms with Gasteiger partial charge in [0.1, 0.15) is 4.99 Å². The van der Waals surface area contributed by atoms with Crippen LogP contribution in [0.25, 0.3) is 0 Å². The SMILES string of the molecule is Cc1ccc(C(N)=S)c(NC(C)c2ccc(Cl)cc2)c1. The topological polar surface area (TPSA) is 38.0 Å². The van der Waals surface area contributed by atoms with Crippen molar-refractivity contribution in [3.05, 3.63) is 64.2 Å². The average Bonchev–Trinajstić information content (AvgIpc) is 2.39. The van der Waals surface area contributed by atoms with E-state index in [0.717, 1.165) is 27.4 Å². The molecule has 0 aromatic heterocycles. The third-order valence-electron chi connectivity index (χ3n) is 3.18. The van der Waals surface area contributed by atoms with Gasteiger partial charge < -0.3 is 11.1 Å². The van der Waals surface area contributed by atoms with Crippen LogP contribution in [0, 0.1) is 6.92 Å². The Morgan fingerprint density at radius 3 is 2.45 bits per heavy atom. The minimum atomic E-state index is 0.141. The van der Waals surface area contributed by atoms with E-state index < -0.39 is 0 Å². The maximum absolute atomic E-state index is 5.91. The molecule has 0 saturated heterocycles. The lowest BCUT2D eigenvalue weighted by atomic mass is 10.1. The van der Waals surface area contributed by atoms with E-state index in [-0.39, 0.29) is 6.04 Å². The lowest BCUT2D eigenvalue weighted by molar-refractivity contribution is 0.884. The van der Waals surface area contributed by atoms with Crippen molar-refractivity contribution in [3.8, 4) is 0 Å². The van der Waals surface area contributed by atoms with Crippen molar-refractivity contribution in [3.63, 3.8) is 0 Å². The van der Waals surface area contributed by atoms with Gasteiger partial charge in [0.25, 0.3) is 0 Å². The van der Waals surface area contributed by atoms with E-state index in [1.54, 1.807) is 0 Å². The second-order valence-electron chi connectivity index (χ2n) is 4.83. The van der Waals surface area contributed by atoms with E-state index in [1.165, 1.54) is 0 Å². The lowest BCUT2D eigenvalue weighted by Gasteiger charge is -2.19. The van der Waals surface area contributed by atoms with Crippen molar-refractivity contribution in [2.45, 2.75) is 19.9 Å². The Kier molecular flexibility index (Phi) is 4.63. The Bertz CT molecular complexity index is 623. The summed E-state index contributed by atoms with van der Waals surface area (Å²) in [5.41, 5.74) is 9.92. The normalized spacial score (nSPS) is 11.9. The number of hydrogen-bond donors (Lipinski definition) is 2. The number of halogens is 1. The summed E-state index contributed by atoms with van der Waals surface area (Å²) >= 11 is 11.0. The summed E-state index contributed by atoms with van der Waals surface area (Å²) in [5.74, 6) is 0. The summed E-state index contributed by atoms with van der Waals surface area (Å²) in [5, 5.41) is 4.19. The first kappa shape index (κ1) is 14.8. The molecule has 0 aliphatic carbocycles. The van der Waals surface area contributed by atoms with Crippen LogP contribution in [0.2, 0.25) is 5.02 Å². The standard InChI is InChI=1S/C16H17ClN2S/c1-10-3-8-14(16(18)20)15(9-10)19-11(2)12-4-6-13(17)7-5-12/h3-9,11,19H,1-2H3,(H2,18,20). The van der Waals surface area contributed by atoms with Crippen LogP contribution in [0.1, 0.15) is 29.7 Å². The zero-order valence-electron chi connectivity index (χ0n) is 11.5. The van der Waals surface area contributed by atoms with E-state index >= 15 is 0 Å². The third-order valence-corrected chi connectivity index (χ3v) is 3.65. The highest BCUT2D eigenvalue weighted by Crippen LogP contribution is 2.24. The van der Waals surface area contributed by atoms with E-state index in [0.29, 0.717) is 4.99 Å². The molecule has 1 unspecified atom stereocenters. The molecule has 0 spiro atoms. The van der Waals surface area contributed by atoms with Crippen molar-refractivity contribution in [1.82, 2.24) is 0 Å². The van der Waals surface area contributed by atoms with E-state index in [2.05, 4.69) is 18.3 Å². The number of anilines is 1. The summed E-state index contributed by atoms with van der Waals surface area (Å²) in [4.78, 5) is 0.399. The Morgan fingerprint density at radius 2 is 1.85 bits per heavy atom. The smallest absolute Gasteiger partial charge is 0.106 e. The lowest BCUT2D eigenvalue weighted by Crippen LogP contribution is -2.15. The molecule has 104 valence electrons. The molecule has 2 rings (SSSR count). The molecule has 0 radical (unpaired) electrons. The average molecular weight is 305 g/mol. The monoisotopic (exact) mass is 304 g/mol. The second-order valence-corrected chi connectivity index (χ2v) is 5.71. The summed E-state index contributed by atoms with van der Waals surface area (Å²) in [6.07, 6.45) is 0. The molecular formula is C16H17ClN2S. The van der Waals surface area contributed by atoms with Gasteiger partial charge >= 0.3 is 0 Å². The Morgan fingerprint density at radius 1 is 1.20 bits per heavy atom. The zero-order valence-corrected chi connectivity index (χ0v) is 13.1. The second kappa shape index (κ2) is 6.25. The highest BCUT2D eigenvalue weighted by Gasteiger charge is 2.10. The molecule has 0 bridgehead atoms. The zero-order chi connectivity index (χ0) is 14.7. The van der Waals surface area contributed by atoms with Crippen LogP contribution in [0.15, 0.2) is 42.5 Å². The van der Waals surface area contributed by atoms with Crippen LogP contribution in [0.5, 0.6) is 0 Å². The Labute approximate surface area is 130 Å².